The van der Waals surface area contributed by atoms with Crippen LogP contribution in [0.3, 0.4) is 0 Å². The van der Waals surface area contributed by atoms with Gasteiger partial charge in [0.25, 0.3) is 0 Å². The molecule has 0 saturated carbocycles. The fraction of sp³-hybridized carbons (Fsp3) is 0.778. The van der Waals surface area contributed by atoms with E-state index in [4.69, 9.17) is 14.9 Å². The third-order valence-electron chi connectivity index (χ3n) is 1.55. The number of aliphatic hydroxyl groups excluding tert-OH is 2. The SMILES string of the molecule is C=CCC1CCCO1.OCCO. The minimum atomic E-state index is -0.125. The number of rotatable bonds is 3. The van der Waals surface area contributed by atoms with Crippen LogP contribution in [0, 0.1) is 0 Å². The lowest BCUT2D eigenvalue weighted by molar-refractivity contribution is 0.113. The van der Waals surface area contributed by atoms with E-state index in [1.165, 1.54) is 12.8 Å². The standard InChI is InChI=1S/C7H12O.C2H6O2/c1-2-4-7-5-3-6-8-7;3-1-2-4/h2,7H,1,3-6H2;3-4H,1-2H2. The van der Waals surface area contributed by atoms with Gasteiger partial charge in [-0.1, -0.05) is 6.08 Å². The van der Waals surface area contributed by atoms with Crippen LogP contribution in [0.4, 0.5) is 0 Å². The second-order valence-electron chi connectivity index (χ2n) is 2.61. The van der Waals surface area contributed by atoms with Crippen molar-refractivity contribution in [3.63, 3.8) is 0 Å². The van der Waals surface area contributed by atoms with Crippen LogP contribution in [0.5, 0.6) is 0 Å². The van der Waals surface area contributed by atoms with Gasteiger partial charge in [-0.05, 0) is 19.3 Å². The maximum absolute atomic E-state index is 7.62. The van der Waals surface area contributed by atoms with Crippen LogP contribution in [-0.4, -0.2) is 36.1 Å². The average molecular weight is 174 g/mol. The first-order valence-electron chi connectivity index (χ1n) is 4.29. The van der Waals surface area contributed by atoms with Crippen molar-refractivity contribution in [2.45, 2.75) is 25.4 Å². The van der Waals surface area contributed by atoms with E-state index in [2.05, 4.69) is 6.58 Å². The van der Waals surface area contributed by atoms with Gasteiger partial charge in [-0.3, -0.25) is 0 Å². The normalized spacial score (nSPS) is 21.3. The van der Waals surface area contributed by atoms with Crippen LogP contribution in [0.2, 0.25) is 0 Å². The fourth-order valence-electron chi connectivity index (χ4n) is 1.02. The van der Waals surface area contributed by atoms with Gasteiger partial charge in [-0.15, -0.1) is 6.58 Å². The predicted molar refractivity (Wildman–Crippen MR) is 48.0 cm³/mol. The highest BCUT2D eigenvalue weighted by molar-refractivity contribution is 4.75. The molecule has 1 atom stereocenters. The summed E-state index contributed by atoms with van der Waals surface area (Å²) in [6.07, 6.45) is 5.91. The van der Waals surface area contributed by atoms with Crippen LogP contribution in [0.25, 0.3) is 0 Å². The van der Waals surface area contributed by atoms with E-state index in [0.29, 0.717) is 6.10 Å². The molecule has 1 rings (SSSR count). The van der Waals surface area contributed by atoms with Gasteiger partial charge in [-0.2, -0.15) is 0 Å². The Labute approximate surface area is 73.7 Å². The molecule has 12 heavy (non-hydrogen) atoms. The Morgan fingerprint density at radius 3 is 2.42 bits per heavy atom. The molecule has 1 aliphatic heterocycles. The van der Waals surface area contributed by atoms with E-state index in [1.54, 1.807) is 0 Å². The van der Waals surface area contributed by atoms with Crippen LogP contribution in [0.1, 0.15) is 19.3 Å². The first-order chi connectivity index (χ1) is 5.85. The van der Waals surface area contributed by atoms with Gasteiger partial charge in [0, 0.05) is 6.61 Å². The summed E-state index contributed by atoms with van der Waals surface area (Å²) in [5.41, 5.74) is 0. The summed E-state index contributed by atoms with van der Waals surface area (Å²) < 4.78 is 5.32. The summed E-state index contributed by atoms with van der Waals surface area (Å²) in [7, 11) is 0. The molecule has 0 bridgehead atoms. The third-order valence-corrected chi connectivity index (χ3v) is 1.55. The van der Waals surface area contributed by atoms with Gasteiger partial charge in [0.15, 0.2) is 0 Å². The molecule has 0 radical (unpaired) electrons. The second-order valence-corrected chi connectivity index (χ2v) is 2.61. The van der Waals surface area contributed by atoms with E-state index >= 15 is 0 Å². The van der Waals surface area contributed by atoms with Crippen molar-refractivity contribution < 1.29 is 14.9 Å². The number of aliphatic hydroxyl groups is 2. The highest BCUT2D eigenvalue weighted by Gasteiger charge is 2.12. The van der Waals surface area contributed by atoms with Crippen molar-refractivity contribution in [1.29, 1.82) is 0 Å². The molecule has 0 spiro atoms. The Morgan fingerprint density at radius 2 is 2.08 bits per heavy atom. The Balaban J connectivity index is 0.000000261. The Morgan fingerprint density at radius 1 is 1.42 bits per heavy atom. The molecule has 3 nitrogen and oxygen atoms in total. The summed E-state index contributed by atoms with van der Waals surface area (Å²) in [4.78, 5) is 0. The molecule has 1 unspecified atom stereocenters. The van der Waals surface area contributed by atoms with E-state index in [9.17, 15) is 0 Å². The van der Waals surface area contributed by atoms with Crippen LogP contribution in [-0.2, 0) is 4.74 Å². The van der Waals surface area contributed by atoms with E-state index < -0.39 is 0 Å². The first-order valence-corrected chi connectivity index (χ1v) is 4.29. The minimum absolute atomic E-state index is 0.125. The number of hydrogen-bond donors (Lipinski definition) is 2. The Bertz CT molecular complexity index is 95.9. The van der Waals surface area contributed by atoms with Crippen molar-refractivity contribution in [1.82, 2.24) is 0 Å². The zero-order chi connectivity index (χ0) is 9.23. The lowest BCUT2D eigenvalue weighted by atomic mass is 10.2. The lowest BCUT2D eigenvalue weighted by Crippen LogP contribution is -2.01. The van der Waals surface area contributed by atoms with Gasteiger partial charge >= 0.3 is 0 Å². The average Bonchev–Trinajstić information content (AvgIpc) is 2.58. The van der Waals surface area contributed by atoms with Crippen molar-refractivity contribution in [2.75, 3.05) is 19.8 Å². The maximum Gasteiger partial charge on any atom is 0.0662 e. The van der Waals surface area contributed by atoms with Crippen LogP contribution >= 0.6 is 0 Å². The quantitative estimate of drug-likeness (QED) is 0.620. The molecule has 0 amide bonds. The third kappa shape index (κ3) is 6.34. The van der Waals surface area contributed by atoms with Crippen LogP contribution in [0.15, 0.2) is 12.7 Å². The van der Waals surface area contributed by atoms with Crippen molar-refractivity contribution >= 4 is 0 Å². The summed E-state index contributed by atoms with van der Waals surface area (Å²) in [5.74, 6) is 0. The lowest BCUT2D eigenvalue weighted by Gasteiger charge is -2.02. The molecule has 0 aromatic rings. The van der Waals surface area contributed by atoms with Crippen molar-refractivity contribution in [2.24, 2.45) is 0 Å². The number of ether oxygens (including phenoxy) is 1. The molecular formula is C9H18O3. The summed E-state index contributed by atoms with van der Waals surface area (Å²) in [5, 5.41) is 15.2. The van der Waals surface area contributed by atoms with Crippen molar-refractivity contribution in [3.05, 3.63) is 12.7 Å². The Kier molecular flexibility index (Phi) is 8.44. The zero-order valence-corrected chi connectivity index (χ0v) is 7.41. The molecule has 2 N–H and O–H groups in total. The largest absolute Gasteiger partial charge is 0.394 e. The topological polar surface area (TPSA) is 49.7 Å². The molecule has 1 aliphatic rings. The molecule has 1 heterocycles. The molecule has 1 saturated heterocycles. The monoisotopic (exact) mass is 174 g/mol. The molecule has 3 heteroatoms. The summed E-state index contributed by atoms with van der Waals surface area (Å²) in [6, 6.07) is 0. The highest BCUT2D eigenvalue weighted by Crippen LogP contribution is 2.14. The molecule has 0 aliphatic carbocycles. The molecule has 0 aromatic carbocycles. The van der Waals surface area contributed by atoms with E-state index in [1.807, 2.05) is 6.08 Å². The van der Waals surface area contributed by atoms with Gasteiger partial charge in [-0.25, -0.2) is 0 Å². The number of hydrogen-bond acceptors (Lipinski definition) is 3. The zero-order valence-electron chi connectivity index (χ0n) is 7.41. The second kappa shape index (κ2) is 8.71. The van der Waals surface area contributed by atoms with Gasteiger partial charge in [0.05, 0.1) is 19.3 Å². The fourth-order valence-corrected chi connectivity index (χ4v) is 1.02. The predicted octanol–water partition coefficient (Wildman–Crippen LogP) is 0.712. The first kappa shape index (κ1) is 11.6. The summed E-state index contributed by atoms with van der Waals surface area (Å²) in [6.45, 7) is 4.35. The van der Waals surface area contributed by atoms with Gasteiger partial charge < -0.3 is 14.9 Å². The molecular weight excluding hydrogens is 156 g/mol. The molecule has 1 fully saturated rings. The summed E-state index contributed by atoms with van der Waals surface area (Å²) >= 11 is 0. The minimum Gasteiger partial charge on any atom is -0.394 e. The maximum atomic E-state index is 7.62. The Hall–Kier alpha value is -0.380. The van der Waals surface area contributed by atoms with Gasteiger partial charge in [0.1, 0.15) is 0 Å². The smallest absolute Gasteiger partial charge is 0.0662 e. The van der Waals surface area contributed by atoms with E-state index in [0.717, 1.165) is 13.0 Å². The van der Waals surface area contributed by atoms with E-state index in [-0.39, 0.29) is 13.2 Å². The molecule has 72 valence electrons. The highest BCUT2D eigenvalue weighted by atomic mass is 16.5. The molecule has 0 aromatic heterocycles. The van der Waals surface area contributed by atoms with Crippen LogP contribution < -0.4 is 0 Å². The van der Waals surface area contributed by atoms with Gasteiger partial charge in [0.2, 0.25) is 0 Å². The van der Waals surface area contributed by atoms with Crippen molar-refractivity contribution in [3.8, 4) is 0 Å².